The summed E-state index contributed by atoms with van der Waals surface area (Å²) >= 11 is 0. The number of hydrogen-bond donors (Lipinski definition) is 1. The normalized spacial score (nSPS) is 18.8. The van der Waals surface area contributed by atoms with Gasteiger partial charge in [-0.05, 0) is 52.7 Å². The summed E-state index contributed by atoms with van der Waals surface area (Å²) < 4.78 is 11.0. The second kappa shape index (κ2) is 6.97. The van der Waals surface area contributed by atoms with Crippen LogP contribution in [-0.4, -0.2) is 45.1 Å². The van der Waals surface area contributed by atoms with Crippen LogP contribution in [0.15, 0.2) is 24.3 Å². The Morgan fingerprint density at radius 2 is 2.04 bits per heavy atom. The number of nitrogens with zero attached hydrogens (tertiary/aromatic N) is 2. The zero-order valence-electron chi connectivity index (χ0n) is 15.6. The number of imidazole rings is 1. The van der Waals surface area contributed by atoms with Crippen molar-refractivity contribution in [3.05, 3.63) is 30.1 Å². The van der Waals surface area contributed by atoms with E-state index in [1.807, 2.05) is 24.3 Å². The van der Waals surface area contributed by atoms with E-state index < -0.39 is 29.8 Å². The molecule has 7 heteroatoms. The molecule has 2 aromatic rings. The fourth-order valence-electron chi connectivity index (χ4n) is 3.02. The van der Waals surface area contributed by atoms with Crippen LogP contribution in [0.1, 0.15) is 52.5 Å². The number of rotatable bonds is 3. The SMILES string of the molecule is C[C@H](OC(=O)[C@@H]1CCCN1C(=O)OC(C)(C)C)c1nc2ccccc2[nH]1. The van der Waals surface area contributed by atoms with Gasteiger partial charge < -0.3 is 14.5 Å². The number of esters is 1. The lowest BCUT2D eigenvalue weighted by Crippen LogP contribution is -2.44. The number of amides is 1. The van der Waals surface area contributed by atoms with Crippen LogP contribution in [0.3, 0.4) is 0 Å². The predicted octanol–water partition coefficient (Wildman–Crippen LogP) is 3.57. The molecule has 140 valence electrons. The Kier molecular flexibility index (Phi) is 4.89. The van der Waals surface area contributed by atoms with Crippen LogP contribution in [0.5, 0.6) is 0 Å². The molecule has 1 amide bonds. The zero-order valence-corrected chi connectivity index (χ0v) is 15.6. The lowest BCUT2D eigenvalue weighted by Gasteiger charge is -2.28. The molecular weight excluding hydrogens is 334 g/mol. The van der Waals surface area contributed by atoms with E-state index in [1.54, 1.807) is 27.7 Å². The number of nitrogens with one attached hydrogen (secondary N) is 1. The average molecular weight is 359 g/mol. The third kappa shape index (κ3) is 3.98. The monoisotopic (exact) mass is 359 g/mol. The van der Waals surface area contributed by atoms with Gasteiger partial charge in [-0.2, -0.15) is 0 Å². The van der Waals surface area contributed by atoms with E-state index in [0.717, 1.165) is 17.5 Å². The van der Waals surface area contributed by atoms with Gasteiger partial charge in [-0.15, -0.1) is 0 Å². The molecule has 0 aliphatic carbocycles. The minimum atomic E-state index is -0.614. The Morgan fingerprint density at radius 3 is 2.73 bits per heavy atom. The van der Waals surface area contributed by atoms with Gasteiger partial charge in [-0.1, -0.05) is 12.1 Å². The number of ether oxygens (including phenoxy) is 2. The second-order valence-corrected chi connectivity index (χ2v) is 7.55. The molecular formula is C19H25N3O4. The number of carbonyl (C=O) groups excluding carboxylic acids is 2. The van der Waals surface area contributed by atoms with Gasteiger partial charge >= 0.3 is 12.1 Å². The van der Waals surface area contributed by atoms with Gasteiger partial charge in [0.15, 0.2) is 6.10 Å². The van der Waals surface area contributed by atoms with E-state index in [-0.39, 0.29) is 0 Å². The number of likely N-dealkylation sites (tertiary alicyclic amines) is 1. The van der Waals surface area contributed by atoms with Crippen LogP contribution in [0, 0.1) is 0 Å². The number of hydrogen-bond acceptors (Lipinski definition) is 5. The molecule has 0 spiro atoms. The smallest absolute Gasteiger partial charge is 0.411 e. The first-order valence-electron chi connectivity index (χ1n) is 8.89. The van der Waals surface area contributed by atoms with Gasteiger partial charge in [-0.25, -0.2) is 14.6 Å². The molecule has 2 atom stereocenters. The molecule has 1 saturated heterocycles. The molecule has 0 unspecified atom stereocenters. The first-order valence-corrected chi connectivity index (χ1v) is 8.89. The lowest BCUT2D eigenvalue weighted by atomic mass is 10.2. The third-order valence-corrected chi connectivity index (χ3v) is 4.24. The highest BCUT2D eigenvalue weighted by atomic mass is 16.6. The summed E-state index contributed by atoms with van der Waals surface area (Å²) in [5.74, 6) is 0.155. The van der Waals surface area contributed by atoms with E-state index in [2.05, 4.69) is 9.97 Å². The molecule has 3 rings (SSSR count). The third-order valence-electron chi connectivity index (χ3n) is 4.24. The first-order chi connectivity index (χ1) is 12.2. The van der Waals surface area contributed by atoms with E-state index in [0.29, 0.717) is 18.8 Å². The molecule has 1 N–H and O–H groups in total. The maximum atomic E-state index is 12.6. The van der Waals surface area contributed by atoms with Crippen molar-refractivity contribution >= 4 is 23.1 Å². The summed E-state index contributed by atoms with van der Waals surface area (Å²) in [7, 11) is 0. The zero-order chi connectivity index (χ0) is 18.9. The van der Waals surface area contributed by atoms with Crippen LogP contribution in [0.25, 0.3) is 11.0 Å². The lowest BCUT2D eigenvalue weighted by molar-refractivity contribution is -0.154. The minimum absolute atomic E-state index is 0.429. The molecule has 0 saturated carbocycles. The van der Waals surface area contributed by atoms with Crippen molar-refractivity contribution in [3.63, 3.8) is 0 Å². The van der Waals surface area contributed by atoms with Crippen LogP contribution >= 0.6 is 0 Å². The van der Waals surface area contributed by atoms with Crippen LogP contribution in [0.2, 0.25) is 0 Å². The summed E-state index contributed by atoms with van der Waals surface area (Å²) in [5.41, 5.74) is 1.11. The minimum Gasteiger partial charge on any atom is -0.453 e. The number of aromatic amines is 1. The van der Waals surface area contributed by atoms with Crippen molar-refractivity contribution < 1.29 is 19.1 Å². The van der Waals surface area contributed by atoms with Crippen molar-refractivity contribution in [2.45, 2.75) is 58.3 Å². The molecule has 1 fully saturated rings. The van der Waals surface area contributed by atoms with E-state index in [9.17, 15) is 9.59 Å². The Labute approximate surface area is 152 Å². The summed E-state index contributed by atoms with van der Waals surface area (Å²) in [6.07, 6.45) is 0.312. The molecule has 1 aliphatic heterocycles. The fraction of sp³-hybridized carbons (Fsp3) is 0.526. The molecule has 1 aliphatic rings. The Morgan fingerprint density at radius 1 is 1.31 bits per heavy atom. The van der Waals surface area contributed by atoms with Crippen molar-refractivity contribution in [2.24, 2.45) is 0 Å². The van der Waals surface area contributed by atoms with Gasteiger partial charge in [0, 0.05) is 6.54 Å². The van der Waals surface area contributed by atoms with Gasteiger partial charge in [0.25, 0.3) is 0 Å². The van der Waals surface area contributed by atoms with Crippen molar-refractivity contribution in [3.8, 4) is 0 Å². The summed E-state index contributed by atoms with van der Waals surface area (Å²) in [6, 6.07) is 7.02. The Bertz CT molecular complexity index is 775. The fourth-order valence-corrected chi connectivity index (χ4v) is 3.02. The van der Waals surface area contributed by atoms with E-state index >= 15 is 0 Å². The van der Waals surface area contributed by atoms with Crippen LogP contribution < -0.4 is 0 Å². The standard InChI is InChI=1S/C19H25N3O4/c1-12(16-20-13-8-5-6-9-14(13)21-16)25-17(23)15-10-7-11-22(15)18(24)26-19(2,3)4/h5-6,8-9,12,15H,7,10-11H2,1-4H3,(H,20,21)/t12-,15-/m0/s1. The number of benzene rings is 1. The highest BCUT2D eigenvalue weighted by molar-refractivity contribution is 5.82. The number of aromatic nitrogens is 2. The number of carbonyl (C=O) groups is 2. The van der Waals surface area contributed by atoms with Crippen molar-refractivity contribution in [1.29, 1.82) is 0 Å². The molecule has 26 heavy (non-hydrogen) atoms. The summed E-state index contributed by atoms with van der Waals surface area (Å²) in [6.45, 7) is 7.67. The van der Waals surface area contributed by atoms with Crippen molar-refractivity contribution in [2.75, 3.05) is 6.54 Å². The topological polar surface area (TPSA) is 84.5 Å². The average Bonchev–Trinajstić information content (AvgIpc) is 3.20. The Balaban J connectivity index is 1.67. The molecule has 0 bridgehead atoms. The van der Waals surface area contributed by atoms with Gasteiger partial charge in [0.2, 0.25) is 0 Å². The number of fused-ring (bicyclic) bond motifs is 1. The molecule has 7 nitrogen and oxygen atoms in total. The number of H-pyrrole nitrogens is 1. The molecule has 0 radical (unpaired) electrons. The molecule has 1 aromatic carbocycles. The molecule has 1 aromatic heterocycles. The summed E-state index contributed by atoms with van der Waals surface area (Å²) in [5, 5.41) is 0. The summed E-state index contributed by atoms with van der Waals surface area (Å²) in [4.78, 5) is 34.0. The molecule has 2 heterocycles. The van der Waals surface area contributed by atoms with Crippen LogP contribution in [0.4, 0.5) is 4.79 Å². The predicted molar refractivity (Wildman–Crippen MR) is 96.6 cm³/mol. The van der Waals surface area contributed by atoms with Gasteiger partial charge in [-0.3, -0.25) is 4.90 Å². The van der Waals surface area contributed by atoms with Crippen molar-refractivity contribution in [1.82, 2.24) is 14.9 Å². The van der Waals surface area contributed by atoms with Gasteiger partial charge in [0.1, 0.15) is 17.5 Å². The highest BCUT2D eigenvalue weighted by Gasteiger charge is 2.38. The maximum absolute atomic E-state index is 12.6. The highest BCUT2D eigenvalue weighted by Crippen LogP contribution is 2.25. The quantitative estimate of drug-likeness (QED) is 0.847. The Hall–Kier alpha value is -2.57. The largest absolute Gasteiger partial charge is 0.453 e. The van der Waals surface area contributed by atoms with Gasteiger partial charge in [0.05, 0.1) is 11.0 Å². The van der Waals surface area contributed by atoms with Crippen LogP contribution in [-0.2, 0) is 14.3 Å². The number of para-hydroxylation sites is 2. The first kappa shape index (κ1) is 18.2. The second-order valence-electron chi connectivity index (χ2n) is 7.55. The van der Waals surface area contributed by atoms with E-state index in [4.69, 9.17) is 9.47 Å². The maximum Gasteiger partial charge on any atom is 0.411 e. The van der Waals surface area contributed by atoms with E-state index in [1.165, 1.54) is 4.90 Å².